The van der Waals surface area contributed by atoms with Crippen LogP contribution in [-0.4, -0.2) is 30.3 Å². The van der Waals surface area contributed by atoms with Crippen LogP contribution in [0.2, 0.25) is 0 Å². The van der Waals surface area contributed by atoms with Crippen LogP contribution in [0, 0.1) is 0 Å². The third-order valence-electron chi connectivity index (χ3n) is 5.23. The quantitative estimate of drug-likeness (QED) is 0.840. The highest BCUT2D eigenvalue weighted by Crippen LogP contribution is 2.37. The van der Waals surface area contributed by atoms with Gasteiger partial charge in [0.2, 0.25) is 0 Å². The monoisotopic (exact) mass is 271 g/mol. The molecule has 3 rings (SSSR count). The fourth-order valence-electron chi connectivity index (χ4n) is 3.79. The first-order chi connectivity index (χ1) is 9.70. The van der Waals surface area contributed by atoms with Crippen LogP contribution in [-0.2, 0) is 16.6 Å². The molecule has 108 valence electrons. The third-order valence-corrected chi connectivity index (χ3v) is 5.23. The molecule has 1 fully saturated rings. The first-order valence-corrected chi connectivity index (χ1v) is 8.04. The molecule has 2 nitrogen and oxygen atoms in total. The second-order valence-electron chi connectivity index (χ2n) is 6.56. The lowest BCUT2D eigenvalue weighted by Gasteiger charge is -2.37. The van der Waals surface area contributed by atoms with E-state index < -0.39 is 0 Å². The summed E-state index contributed by atoms with van der Waals surface area (Å²) in [5, 5.41) is 0. The standard InChI is InChI=1S/C18H25NO/c1-18(11-14-19-12-5-2-6-13-19)16-8-4-3-7-15(16)9-10-17(18)20/h3-4,7-8H,2,5-6,9-14H2,1H3/t18-/m0/s1. The molecule has 1 heterocycles. The van der Waals surface area contributed by atoms with Crippen molar-refractivity contribution in [3.05, 3.63) is 35.4 Å². The Kier molecular flexibility index (Phi) is 3.93. The summed E-state index contributed by atoms with van der Waals surface area (Å²) in [6.45, 7) is 5.66. The number of aryl methyl sites for hydroxylation is 1. The van der Waals surface area contributed by atoms with E-state index in [9.17, 15) is 4.79 Å². The van der Waals surface area contributed by atoms with Gasteiger partial charge in [-0.2, -0.15) is 0 Å². The van der Waals surface area contributed by atoms with Crippen molar-refractivity contribution in [3.8, 4) is 0 Å². The summed E-state index contributed by atoms with van der Waals surface area (Å²) in [5.74, 6) is 0.438. The van der Waals surface area contributed by atoms with Crippen LogP contribution in [0.3, 0.4) is 0 Å². The van der Waals surface area contributed by atoms with Gasteiger partial charge in [-0.3, -0.25) is 4.79 Å². The van der Waals surface area contributed by atoms with Crippen molar-refractivity contribution < 1.29 is 4.79 Å². The third kappa shape index (κ3) is 2.54. The van der Waals surface area contributed by atoms with Crippen LogP contribution < -0.4 is 0 Å². The summed E-state index contributed by atoms with van der Waals surface area (Å²) in [6, 6.07) is 8.54. The van der Waals surface area contributed by atoms with Gasteiger partial charge < -0.3 is 4.90 Å². The number of likely N-dealkylation sites (tertiary alicyclic amines) is 1. The van der Waals surface area contributed by atoms with E-state index in [0.717, 1.165) is 19.4 Å². The largest absolute Gasteiger partial charge is 0.303 e. The van der Waals surface area contributed by atoms with Crippen molar-refractivity contribution >= 4 is 5.78 Å². The minimum absolute atomic E-state index is 0.258. The number of piperidine rings is 1. The van der Waals surface area contributed by atoms with Crippen LogP contribution in [0.5, 0.6) is 0 Å². The molecule has 1 atom stereocenters. The predicted molar refractivity (Wildman–Crippen MR) is 82.0 cm³/mol. The van der Waals surface area contributed by atoms with Gasteiger partial charge >= 0.3 is 0 Å². The number of nitrogens with zero attached hydrogens (tertiary/aromatic N) is 1. The van der Waals surface area contributed by atoms with Gasteiger partial charge in [0.25, 0.3) is 0 Å². The maximum absolute atomic E-state index is 12.5. The highest BCUT2D eigenvalue weighted by Gasteiger charge is 2.39. The maximum Gasteiger partial charge on any atom is 0.143 e. The summed E-state index contributed by atoms with van der Waals surface area (Å²) in [5.41, 5.74) is 2.41. The molecule has 0 saturated carbocycles. The number of benzene rings is 1. The molecule has 2 heteroatoms. The molecule has 0 N–H and O–H groups in total. The Bertz CT molecular complexity index is 490. The molecule has 0 bridgehead atoms. The molecule has 20 heavy (non-hydrogen) atoms. The van der Waals surface area contributed by atoms with Crippen LogP contribution in [0.1, 0.15) is 50.2 Å². The zero-order valence-electron chi connectivity index (χ0n) is 12.5. The van der Waals surface area contributed by atoms with E-state index in [1.807, 2.05) is 0 Å². The Morgan fingerprint density at radius 2 is 1.85 bits per heavy atom. The topological polar surface area (TPSA) is 20.3 Å². The highest BCUT2D eigenvalue weighted by molar-refractivity contribution is 5.91. The normalized spacial score (nSPS) is 27.4. The maximum atomic E-state index is 12.5. The lowest BCUT2D eigenvalue weighted by Crippen LogP contribution is -2.41. The van der Waals surface area contributed by atoms with Gasteiger partial charge in [0.1, 0.15) is 5.78 Å². The Labute approximate surface area is 122 Å². The van der Waals surface area contributed by atoms with Gasteiger partial charge in [0.05, 0.1) is 5.41 Å². The molecule has 1 aromatic rings. The molecule has 0 amide bonds. The number of Topliss-reactive ketones (excluding diaryl/α,β-unsaturated/α-hetero) is 1. The zero-order chi connectivity index (χ0) is 14.0. The number of carbonyl (C=O) groups is 1. The minimum atomic E-state index is -0.258. The van der Waals surface area contributed by atoms with E-state index in [2.05, 4.69) is 36.1 Å². The summed E-state index contributed by atoms with van der Waals surface area (Å²) in [4.78, 5) is 15.1. The molecule has 2 aliphatic rings. The average Bonchev–Trinajstić information content (AvgIpc) is 2.51. The molecule has 0 aromatic heterocycles. The molecule has 0 radical (unpaired) electrons. The lowest BCUT2D eigenvalue weighted by atomic mass is 9.68. The van der Waals surface area contributed by atoms with Gasteiger partial charge in [0.15, 0.2) is 0 Å². The Hall–Kier alpha value is -1.15. The summed E-state index contributed by atoms with van der Waals surface area (Å²) >= 11 is 0. The van der Waals surface area contributed by atoms with Gasteiger partial charge in [-0.05, 0) is 63.4 Å². The van der Waals surface area contributed by atoms with E-state index in [0.29, 0.717) is 12.2 Å². The number of ketones is 1. The fourth-order valence-corrected chi connectivity index (χ4v) is 3.79. The number of hydrogen-bond acceptors (Lipinski definition) is 2. The second-order valence-corrected chi connectivity index (χ2v) is 6.56. The van der Waals surface area contributed by atoms with Gasteiger partial charge in [-0.25, -0.2) is 0 Å². The average molecular weight is 271 g/mol. The van der Waals surface area contributed by atoms with Crippen LogP contribution in [0.4, 0.5) is 0 Å². The molecule has 0 spiro atoms. The fraction of sp³-hybridized carbons (Fsp3) is 0.611. The van der Waals surface area contributed by atoms with E-state index >= 15 is 0 Å². The molecule has 0 unspecified atom stereocenters. The van der Waals surface area contributed by atoms with Gasteiger partial charge in [0, 0.05) is 6.42 Å². The van der Waals surface area contributed by atoms with Crippen molar-refractivity contribution in [1.29, 1.82) is 0 Å². The SMILES string of the molecule is C[C@@]1(CCN2CCCCC2)C(=O)CCc2ccccc21. The number of fused-ring (bicyclic) bond motifs is 1. The molecule has 1 saturated heterocycles. The van der Waals surface area contributed by atoms with Crippen molar-refractivity contribution in [2.45, 2.75) is 50.9 Å². The highest BCUT2D eigenvalue weighted by atomic mass is 16.1. The summed E-state index contributed by atoms with van der Waals surface area (Å²) in [7, 11) is 0. The van der Waals surface area contributed by atoms with Crippen molar-refractivity contribution in [2.24, 2.45) is 0 Å². The van der Waals surface area contributed by atoms with Crippen LogP contribution in [0.15, 0.2) is 24.3 Å². The van der Waals surface area contributed by atoms with Crippen molar-refractivity contribution in [2.75, 3.05) is 19.6 Å². The van der Waals surface area contributed by atoms with Crippen LogP contribution >= 0.6 is 0 Å². The van der Waals surface area contributed by atoms with E-state index in [4.69, 9.17) is 0 Å². The Morgan fingerprint density at radius 1 is 1.10 bits per heavy atom. The second kappa shape index (κ2) is 5.69. The molecular formula is C18H25NO. The number of hydrogen-bond donors (Lipinski definition) is 0. The lowest BCUT2D eigenvalue weighted by molar-refractivity contribution is -0.125. The minimum Gasteiger partial charge on any atom is -0.303 e. The van der Waals surface area contributed by atoms with Crippen LogP contribution in [0.25, 0.3) is 0 Å². The number of rotatable bonds is 3. The Balaban J connectivity index is 1.77. The zero-order valence-corrected chi connectivity index (χ0v) is 12.5. The number of carbonyl (C=O) groups excluding carboxylic acids is 1. The van der Waals surface area contributed by atoms with Gasteiger partial charge in [-0.15, -0.1) is 0 Å². The molecule has 1 aromatic carbocycles. The Morgan fingerprint density at radius 3 is 2.65 bits per heavy atom. The van der Waals surface area contributed by atoms with E-state index in [-0.39, 0.29) is 5.41 Å². The predicted octanol–water partition coefficient (Wildman–Crippen LogP) is 3.34. The molecular weight excluding hydrogens is 246 g/mol. The molecule has 1 aliphatic carbocycles. The first kappa shape index (κ1) is 13.8. The smallest absolute Gasteiger partial charge is 0.143 e. The van der Waals surface area contributed by atoms with E-state index in [1.165, 1.54) is 43.5 Å². The van der Waals surface area contributed by atoms with Crippen molar-refractivity contribution in [1.82, 2.24) is 4.90 Å². The summed E-state index contributed by atoms with van der Waals surface area (Å²) in [6.07, 6.45) is 6.63. The van der Waals surface area contributed by atoms with E-state index in [1.54, 1.807) is 0 Å². The first-order valence-electron chi connectivity index (χ1n) is 8.04. The molecule has 1 aliphatic heterocycles. The summed E-state index contributed by atoms with van der Waals surface area (Å²) < 4.78 is 0. The van der Waals surface area contributed by atoms with Gasteiger partial charge in [-0.1, -0.05) is 30.7 Å². The van der Waals surface area contributed by atoms with Crippen molar-refractivity contribution in [3.63, 3.8) is 0 Å².